The van der Waals surface area contributed by atoms with Crippen molar-refractivity contribution in [3.63, 3.8) is 0 Å². The molecule has 1 N–H and O–H groups in total. The number of nitrogens with one attached hydrogen (secondary N) is 1. The second kappa shape index (κ2) is 8.43. The molecule has 0 aromatic heterocycles. The molecule has 1 fully saturated rings. The Balaban J connectivity index is 1.92. The molecule has 1 saturated carbocycles. The van der Waals surface area contributed by atoms with E-state index < -0.39 is 0 Å². The molecule has 118 valence electrons. The summed E-state index contributed by atoms with van der Waals surface area (Å²) in [4.78, 5) is 0. The summed E-state index contributed by atoms with van der Waals surface area (Å²) in [6.07, 6.45) is 6.68. The molecular formula is C19H31NO. The van der Waals surface area contributed by atoms with Crippen molar-refractivity contribution in [2.24, 2.45) is 5.92 Å². The van der Waals surface area contributed by atoms with Crippen LogP contribution in [0.2, 0.25) is 0 Å². The average Bonchev–Trinajstić information content (AvgIpc) is 3.02. The molecule has 0 saturated heterocycles. The van der Waals surface area contributed by atoms with Gasteiger partial charge in [0.05, 0.1) is 0 Å². The zero-order chi connectivity index (χ0) is 15.1. The zero-order valence-electron chi connectivity index (χ0n) is 13.9. The molecule has 0 aliphatic heterocycles. The standard InChI is InChI=1S/C19H31NO/c1-4-12-20-19(16-8-5-6-9-16)14-21-18-11-7-10-17(13-18)15(2)3/h7,10-11,13,15-16,19-20H,4-6,8-9,12,14H2,1-3H3. The van der Waals surface area contributed by atoms with Crippen LogP contribution in [0.25, 0.3) is 0 Å². The average molecular weight is 289 g/mol. The Hall–Kier alpha value is -1.02. The number of ether oxygens (including phenoxy) is 1. The maximum atomic E-state index is 6.11. The van der Waals surface area contributed by atoms with Crippen molar-refractivity contribution < 1.29 is 4.74 Å². The van der Waals surface area contributed by atoms with Gasteiger partial charge in [0.2, 0.25) is 0 Å². The number of benzene rings is 1. The van der Waals surface area contributed by atoms with Crippen molar-refractivity contribution in [2.45, 2.75) is 64.8 Å². The summed E-state index contributed by atoms with van der Waals surface area (Å²) in [7, 11) is 0. The van der Waals surface area contributed by atoms with Crippen LogP contribution in [0.1, 0.15) is 64.4 Å². The van der Waals surface area contributed by atoms with Gasteiger partial charge in [0.1, 0.15) is 12.4 Å². The summed E-state index contributed by atoms with van der Waals surface area (Å²) in [6.45, 7) is 8.57. The Labute approximate surface area is 130 Å². The molecule has 0 bridgehead atoms. The summed E-state index contributed by atoms with van der Waals surface area (Å²) in [5, 5.41) is 3.69. The van der Waals surface area contributed by atoms with Gasteiger partial charge in [-0.25, -0.2) is 0 Å². The van der Waals surface area contributed by atoms with E-state index in [0.717, 1.165) is 24.8 Å². The van der Waals surface area contributed by atoms with Gasteiger partial charge in [-0.3, -0.25) is 0 Å². The van der Waals surface area contributed by atoms with Crippen LogP contribution in [0.4, 0.5) is 0 Å². The predicted molar refractivity (Wildman–Crippen MR) is 90.1 cm³/mol. The van der Waals surface area contributed by atoms with E-state index in [2.05, 4.69) is 50.4 Å². The first-order valence-electron chi connectivity index (χ1n) is 8.66. The third-order valence-corrected chi connectivity index (χ3v) is 4.58. The third-order valence-electron chi connectivity index (χ3n) is 4.58. The van der Waals surface area contributed by atoms with Crippen LogP contribution < -0.4 is 10.1 Å². The SMILES string of the molecule is CCCNC(COc1cccc(C(C)C)c1)C1CCCC1. The van der Waals surface area contributed by atoms with E-state index in [0.29, 0.717) is 12.0 Å². The monoisotopic (exact) mass is 289 g/mol. The van der Waals surface area contributed by atoms with Crippen LogP contribution in [0.3, 0.4) is 0 Å². The predicted octanol–water partition coefficient (Wildman–Crippen LogP) is 4.75. The van der Waals surface area contributed by atoms with Crippen LogP contribution in [0.15, 0.2) is 24.3 Å². The Morgan fingerprint density at radius 3 is 2.67 bits per heavy atom. The molecule has 0 heterocycles. The highest BCUT2D eigenvalue weighted by Gasteiger charge is 2.25. The second-order valence-corrected chi connectivity index (χ2v) is 6.64. The van der Waals surface area contributed by atoms with Crippen LogP contribution in [0, 0.1) is 5.92 Å². The molecule has 1 aliphatic rings. The molecule has 1 unspecified atom stereocenters. The lowest BCUT2D eigenvalue weighted by Gasteiger charge is -2.25. The molecule has 1 aromatic carbocycles. The molecule has 1 aliphatic carbocycles. The summed E-state index contributed by atoms with van der Waals surface area (Å²) in [6, 6.07) is 9.07. The van der Waals surface area contributed by atoms with Crippen molar-refractivity contribution >= 4 is 0 Å². The van der Waals surface area contributed by atoms with Crippen molar-refractivity contribution in [3.05, 3.63) is 29.8 Å². The van der Waals surface area contributed by atoms with Gasteiger partial charge in [0, 0.05) is 6.04 Å². The zero-order valence-corrected chi connectivity index (χ0v) is 13.9. The number of rotatable bonds is 8. The third kappa shape index (κ3) is 5.03. The van der Waals surface area contributed by atoms with Gasteiger partial charge in [-0.05, 0) is 55.3 Å². The quantitative estimate of drug-likeness (QED) is 0.746. The maximum absolute atomic E-state index is 6.11. The number of hydrogen-bond donors (Lipinski definition) is 1. The van der Waals surface area contributed by atoms with Crippen molar-refractivity contribution in [1.82, 2.24) is 5.32 Å². The van der Waals surface area contributed by atoms with Crippen molar-refractivity contribution in [1.29, 1.82) is 0 Å². The normalized spacial score (nSPS) is 17.3. The molecule has 0 amide bonds. The Morgan fingerprint density at radius 1 is 1.24 bits per heavy atom. The van der Waals surface area contributed by atoms with E-state index in [1.54, 1.807) is 0 Å². The summed E-state index contributed by atoms with van der Waals surface area (Å²) < 4.78 is 6.11. The first-order valence-corrected chi connectivity index (χ1v) is 8.66. The minimum atomic E-state index is 0.509. The molecule has 2 rings (SSSR count). The van der Waals surface area contributed by atoms with Crippen molar-refractivity contribution in [3.8, 4) is 5.75 Å². The molecule has 1 aromatic rings. The first kappa shape index (κ1) is 16.4. The lowest BCUT2D eigenvalue weighted by atomic mass is 9.98. The van der Waals surface area contributed by atoms with Gasteiger partial charge in [0.25, 0.3) is 0 Å². The van der Waals surface area contributed by atoms with Gasteiger partial charge in [-0.15, -0.1) is 0 Å². The summed E-state index contributed by atoms with van der Waals surface area (Å²) in [5.41, 5.74) is 1.35. The molecule has 0 spiro atoms. The first-order chi connectivity index (χ1) is 10.2. The van der Waals surface area contributed by atoms with E-state index in [4.69, 9.17) is 4.74 Å². The minimum absolute atomic E-state index is 0.509. The van der Waals surface area contributed by atoms with Gasteiger partial charge in [-0.1, -0.05) is 45.7 Å². The fourth-order valence-electron chi connectivity index (χ4n) is 3.20. The molecule has 0 radical (unpaired) electrons. The van der Waals surface area contributed by atoms with E-state index in [9.17, 15) is 0 Å². The molecule has 21 heavy (non-hydrogen) atoms. The van der Waals surface area contributed by atoms with E-state index in [1.165, 1.54) is 37.7 Å². The fourth-order valence-corrected chi connectivity index (χ4v) is 3.20. The number of hydrogen-bond acceptors (Lipinski definition) is 2. The van der Waals surface area contributed by atoms with E-state index in [1.807, 2.05) is 0 Å². The Morgan fingerprint density at radius 2 is 2.00 bits per heavy atom. The Kier molecular flexibility index (Phi) is 6.56. The highest BCUT2D eigenvalue weighted by molar-refractivity contribution is 5.30. The van der Waals surface area contributed by atoms with Crippen LogP contribution in [-0.2, 0) is 0 Å². The highest BCUT2D eigenvalue weighted by Crippen LogP contribution is 2.28. The van der Waals surface area contributed by atoms with E-state index in [-0.39, 0.29) is 0 Å². The fraction of sp³-hybridized carbons (Fsp3) is 0.684. The van der Waals surface area contributed by atoms with Gasteiger partial charge < -0.3 is 10.1 Å². The molecule has 2 heteroatoms. The Bertz CT molecular complexity index is 410. The molecule has 2 nitrogen and oxygen atoms in total. The second-order valence-electron chi connectivity index (χ2n) is 6.64. The molecular weight excluding hydrogens is 258 g/mol. The molecule has 1 atom stereocenters. The topological polar surface area (TPSA) is 21.3 Å². The van der Waals surface area contributed by atoms with Gasteiger partial charge in [-0.2, -0.15) is 0 Å². The largest absolute Gasteiger partial charge is 0.492 e. The van der Waals surface area contributed by atoms with Crippen molar-refractivity contribution in [2.75, 3.05) is 13.2 Å². The summed E-state index contributed by atoms with van der Waals surface area (Å²) in [5.74, 6) is 2.37. The smallest absolute Gasteiger partial charge is 0.119 e. The van der Waals surface area contributed by atoms with Gasteiger partial charge >= 0.3 is 0 Å². The minimum Gasteiger partial charge on any atom is -0.492 e. The highest BCUT2D eigenvalue weighted by atomic mass is 16.5. The van der Waals surface area contributed by atoms with Crippen LogP contribution >= 0.6 is 0 Å². The maximum Gasteiger partial charge on any atom is 0.119 e. The van der Waals surface area contributed by atoms with Crippen LogP contribution in [-0.4, -0.2) is 19.2 Å². The van der Waals surface area contributed by atoms with Gasteiger partial charge in [0.15, 0.2) is 0 Å². The lowest BCUT2D eigenvalue weighted by molar-refractivity contribution is 0.217. The van der Waals surface area contributed by atoms with Crippen LogP contribution in [0.5, 0.6) is 5.75 Å². The van der Waals surface area contributed by atoms with E-state index >= 15 is 0 Å². The lowest BCUT2D eigenvalue weighted by Crippen LogP contribution is -2.40. The summed E-state index contributed by atoms with van der Waals surface area (Å²) >= 11 is 0.